The van der Waals surface area contributed by atoms with Gasteiger partial charge < -0.3 is 5.73 Å². The number of rotatable bonds is 2. The minimum atomic E-state index is -0.228. The van der Waals surface area contributed by atoms with Crippen molar-refractivity contribution >= 4 is 60.3 Å². The molecule has 0 saturated heterocycles. The predicted octanol–water partition coefficient (Wildman–Crippen LogP) is 5.57. The molecule has 3 rings (SSSR count). The van der Waals surface area contributed by atoms with Crippen molar-refractivity contribution in [1.29, 1.82) is 0 Å². The zero-order valence-corrected chi connectivity index (χ0v) is 13.5. The maximum Gasteiger partial charge on any atom is 0.124 e. The highest BCUT2D eigenvalue weighted by molar-refractivity contribution is 9.10. The van der Waals surface area contributed by atoms with Gasteiger partial charge in [0.25, 0.3) is 0 Å². The summed E-state index contributed by atoms with van der Waals surface area (Å²) >= 11 is 12.4. The molecule has 3 aromatic rings. The lowest BCUT2D eigenvalue weighted by atomic mass is 10.2. The van der Waals surface area contributed by atoms with Gasteiger partial charge in [0.05, 0.1) is 6.04 Å². The second-order valence-corrected chi connectivity index (χ2v) is 7.73. The van der Waals surface area contributed by atoms with Gasteiger partial charge in [-0.05, 0) is 45.6 Å². The zero-order valence-electron chi connectivity index (χ0n) is 9.49. The molecule has 2 N–H and O–H groups in total. The summed E-state index contributed by atoms with van der Waals surface area (Å²) in [4.78, 5) is 2.00. The van der Waals surface area contributed by atoms with E-state index in [2.05, 4.69) is 15.9 Å². The lowest BCUT2D eigenvalue weighted by Crippen LogP contribution is -2.07. The van der Waals surface area contributed by atoms with E-state index in [9.17, 15) is 4.39 Å². The van der Waals surface area contributed by atoms with Crippen LogP contribution in [0, 0.1) is 5.82 Å². The van der Waals surface area contributed by atoms with Gasteiger partial charge in [-0.1, -0.05) is 17.7 Å². The summed E-state index contributed by atoms with van der Waals surface area (Å²) in [5.74, 6) is -0.226. The average molecular weight is 377 g/mol. The minimum absolute atomic E-state index is 0.226. The Labute approximate surface area is 130 Å². The van der Waals surface area contributed by atoms with Crippen LogP contribution < -0.4 is 5.73 Å². The van der Waals surface area contributed by atoms with Crippen LogP contribution in [0.4, 0.5) is 4.39 Å². The van der Waals surface area contributed by atoms with Crippen LogP contribution in [0.25, 0.3) is 10.1 Å². The first-order valence-electron chi connectivity index (χ1n) is 5.44. The van der Waals surface area contributed by atoms with Crippen LogP contribution in [-0.2, 0) is 0 Å². The van der Waals surface area contributed by atoms with Gasteiger partial charge in [-0.3, -0.25) is 0 Å². The molecular formula is C13H8BrClFNS2. The standard InChI is InChI=1S/C13H8BrClFNS2/c14-8-5-11(19-13(8)15)12(17)10-3-6-1-2-7(16)4-9(6)18-10/h1-5,12H,17H2. The summed E-state index contributed by atoms with van der Waals surface area (Å²) in [6.45, 7) is 0. The van der Waals surface area contributed by atoms with Crippen molar-refractivity contribution in [3.05, 3.63) is 54.7 Å². The maximum absolute atomic E-state index is 13.2. The predicted molar refractivity (Wildman–Crippen MR) is 84.8 cm³/mol. The van der Waals surface area contributed by atoms with E-state index in [1.807, 2.05) is 12.1 Å². The van der Waals surface area contributed by atoms with Crippen molar-refractivity contribution in [2.75, 3.05) is 0 Å². The van der Waals surface area contributed by atoms with Crippen molar-refractivity contribution in [1.82, 2.24) is 0 Å². The third-order valence-electron chi connectivity index (χ3n) is 2.78. The van der Waals surface area contributed by atoms with Gasteiger partial charge in [0.1, 0.15) is 10.2 Å². The maximum atomic E-state index is 13.2. The highest BCUT2D eigenvalue weighted by Crippen LogP contribution is 2.39. The fourth-order valence-corrected chi connectivity index (χ4v) is 4.78. The number of thiophene rings is 2. The zero-order chi connectivity index (χ0) is 13.6. The van der Waals surface area contributed by atoms with Gasteiger partial charge in [-0.15, -0.1) is 22.7 Å². The molecular weight excluding hydrogens is 369 g/mol. The normalized spacial score (nSPS) is 13.1. The number of nitrogens with two attached hydrogens (primary N) is 1. The Kier molecular flexibility index (Phi) is 3.66. The molecule has 19 heavy (non-hydrogen) atoms. The fraction of sp³-hybridized carbons (Fsp3) is 0.0769. The van der Waals surface area contributed by atoms with Crippen LogP contribution in [0.5, 0.6) is 0 Å². The third kappa shape index (κ3) is 2.58. The smallest absolute Gasteiger partial charge is 0.124 e. The van der Waals surface area contributed by atoms with E-state index in [0.717, 1.165) is 24.3 Å². The van der Waals surface area contributed by atoms with Crippen LogP contribution in [-0.4, -0.2) is 0 Å². The van der Waals surface area contributed by atoms with E-state index in [4.69, 9.17) is 17.3 Å². The molecule has 0 bridgehead atoms. The Hall–Kier alpha value is -0.460. The molecule has 0 aliphatic heterocycles. The largest absolute Gasteiger partial charge is 0.319 e. The first-order valence-corrected chi connectivity index (χ1v) is 8.24. The van der Waals surface area contributed by atoms with Crippen LogP contribution >= 0.6 is 50.2 Å². The van der Waals surface area contributed by atoms with Gasteiger partial charge in [-0.25, -0.2) is 4.39 Å². The Morgan fingerprint density at radius 3 is 2.58 bits per heavy atom. The van der Waals surface area contributed by atoms with Crippen molar-refractivity contribution in [2.45, 2.75) is 6.04 Å². The van der Waals surface area contributed by atoms with Gasteiger partial charge in [0.15, 0.2) is 0 Å². The van der Waals surface area contributed by atoms with Gasteiger partial charge >= 0.3 is 0 Å². The monoisotopic (exact) mass is 375 g/mol. The first-order chi connectivity index (χ1) is 9.04. The van der Waals surface area contributed by atoms with Crippen molar-refractivity contribution in [2.24, 2.45) is 5.73 Å². The Morgan fingerprint density at radius 2 is 1.89 bits per heavy atom. The molecule has 0 spiro atoms. The molecule has 0 amide bonds. The molecule has 0 fully saturated rings. The molecule has 1 aromatic carbocycles. The molecule has 98 valence electrons. The average Bonchev–Trinajstić information content (AvgIpc) is 2.92. The highest BCUT2D eigenvalue weighted by atomic mass is 79.9. The fourth-order valence-electron chi connectivity index (χ4n) is 1.84. The Morgan fingerprint density at radius 1 is 1.16 bits per heavy atom. The van der Waals surface area contributed by atoms with Gasteiger partial charge in [-0.2, -0.15) is 0 Å². The van der Waals surface area contributed by atoms with E-state index >= 15 is 0 Å². The molecule has 0 saturated carbocycles. The third-order valence-corrected chi connectivity index (χ3v) is 6.52. The minimum Gasteiger partial charge on any atom is -0.319 e. The number of hydrogen-bond acceptors (Lipinski definition) is 3. The van der Waals surface area contributed by atoms with Crippen molar-refractivity contribution < 1.29 is 4.39 Å². The van der Waals surface area contributed by atoms with Crippen LogP contribution in [0.1, 0.15) is 15.8 Å². The quantitative estimate of drug-likeness (QED) is 0.622. The summed E-state index contributed by atoms with van der Waals surface area (Å²) in [6.07, 6.45) is 0. The topological polar surface area (TPSA) is 26.0 Å². The summed E-state index contributed by atoms with van der Waals surface area (Å²) in [7, 11) is 0. The second-order valence-electron chi connectivity index (χ2n) is 4.08. The second kappa shape index (κ2) is 5.14. The Balaban J connectivity index is 2.03. The van der Waals surface area contributed by atoms with Crippen LogP contribution in [0.15, 0.2) is 34.8 Å². The van der Waals surface area contributed by atoms with Crippen molar-refractivity contribution in [3.8, 4) is 0 Å². The molecule has 2 aromatic heterocycles. The van der Waals surface area contributed by atoms with E-state index in [1.165, 1.54) is 34.8 Å². The molecule has 2 heterocycles. The number of fused-ring (bicyclic) bond motifs is 1. The summed E-state index contributed by atoms with van der Waals surface area (Å²) in [5, 5.41) is 1.01. The summed E-state index contributed by atoms with van der Waals surface area (Å²) in [6, 6.07) is 8.48. The molecule has 6 heteroatoms. The summed E-state index contributed by atoms with van der Waals surface area (Å²) in [5.41, 5.74) is 6.25. The van der Waals surface area contributed by atoms with E-state index in [-0.39, 0.29) is 11.9 Å². The van der Waals surface area contributed by atoms with Gasteiger partial charge in [0.2, 0.25) is 0 Å². The molecule has 0 radical (unpaired) electrons. The number of halogens is 3. The Bertz CT molecular complexity index is 733. The van der Waals surface area contributed by atoms with Crippen molar-refractivity contribution in [3.63, 3.8) is 0 Å². The molecule has 0 aliphatic rings. The van der Waals surface area contributed by atoms with E-state index < -0.39 is 0 Å². The summed E-state index contributed by atoms with van der Waals surface area (Å²) < 4.78 is 15.6. The number of hydrogen-bond donors (Lipinski definition) is 1. The molecule has 0 aliphatic carbocycles. The SMILES string of the molecule is NC(c1cc(Br)c(Cl)s1)c1cc2ccc(F)cc2s1. The molecule has 1 atom stereocenters. The first kappa shape index (κ1) is 13.5. The van der Waals surface area contributed by atoms with E-state index in [0.29, 0.717) is 4.34 Å². The van der Waals surface area contributed by atoms with E-state index in [1.54, 1.807) is 6.07 Å². The lowest BCUT2D eigenvalue weighted by molar-refractivity contribution is 0.630. The van der Waals surface area contributed by atoms with Crippen LogP contribution in [0.3, 0.4) is 0 Å². The molecule has 1 unspecified atom stereocenters. The number of benzene rings is 1. The van der Waals surface area contributed by atoms with Gasteiger partial charge in [0, 0.05) is 18.9 Å². The molecule has 1 nitrogen and oxygen atoms in total. The lowest BCUT2D eigenvalue weighted by Gasteiger charge is -2.05. The van der Waals surface area contributed by atoms with Crippen LogP contribution in [0.2, 0.25) is 4.34 Å². The highest BCUT2D eigenvalue weighted by Gasteiger charge is 2.16.